The van der Waals surface area contributed by atoms with E-state index in [0.29, 0.717) is 40.3 Å². The summed E-state index contributed by atoms with van der Waals surface area (Å²) in [5.74, 6) is 4.73. The van der Waals surface area contributed by atoms with Gasteiger partial charge in [-0.15, -0.1) is 45.3 Å². The van der Waals surface area contributed by atoms with E-state index in [9.17, 15) is 9.90 Å². The number of ether oxygens (including phenoxy) is 1. The molecule has 0 fully saturated rings. The fourth-order valence-corrected chi connectivity index (χ4v) is 15.2. The first-order chi connectivity index (χ1) is 54.4. The van der Waals surface area contributed by atoms with Gasteiger partial charge in [-0.3, -0.25) is 20.4 Å². The molecule has 32 heteroatoms. The second kappa shape index (κ2) is 31.3. The molecular weight excluding hydrogens is 1500 g/mol. The van der Waals surface area contributed by atoms with E-state index >= 15 is 0 Å². The highest BCUT2D eigenvalue weighted by Gasteiger charge is 2.17. The van der Waals surface area contributed by atoms with Crippen molar-refractivity contribution in [3.05, 3.63) is 257 Å². The molecule has 27 nitrogen and oxygen atoms in total. The van der Waals surface area contributed by atoms with E-state index in [1.807, 2.05) is 185 Å². The fourth-order valence-electron chi connectivity index (χ4n) is 11.9. The van der Waals surface area contributed by atoms with Crippen LogP contribution >= 0.6 is 56.9 Å². The second-order valence-electron chi connectivity index (χ2n) is 24.8. The maximum absolute atomic E-state index is 11.2. The Bertz CT molecular complexity index is 6570. The molecule has 12 aromatic heterocycles. The third-order valence-electron chi connectivity index (χ3n) is 17.1. The maximum Gasteiger partial charge on any atom is 0.335 e. The second-order valence-corrected chi connectivity index (χ2v) is 28.9. The van der Waals surface area contributed by atoms with Gasteiger partial charge >= 0.3 is 5.97 Å². The molecule has 0 saturated carbocycles. The van der Waals surface area contributed by atoms with Crippen molar-refractivity contribution in [3.63, 3.8) is 0 Å². The lowest BCUT2D eigenvalue weighted by molar-refractivity contribution is 0.0696. The molecule has 0 aliphatic carbocycles. The number of benzene rings is 8. The normalized spacial score (nSPS) is 11.1. The number of thiophene rings is 4. The number of carboxylic acid groups (broad SMARTS) is 1. The topological polar surface area (TPSA) is 361 Å². The maximum atomic E-state index is 11.2. The summed E-state index contributed by atoms with van der Waals surface area (Å²) in [5, 5.41) is 76.5. The molecule has 0 aliphatic heterocycles. The van der Waals surface area contributed by atoms with Gasteiger partial charge < -0.3 is 52.4 Å². The highest BCUT2D eigenvalue weighted by atomic mass is 35.5. The van der Waals surface area contributed by atoms with Crippen LogP contribution in [0, 0.1) is 6.92 Å². The Balaban J connectivity index is 0.000000108. The van der Waals surface area contributed by atoms with Gasteiger partial charge in [0.15, 0.2) is 23.3 Å². The van der Waals surface area contributed by atoms with E-state index in [1.165, 1.54) is 11.6 Å². The molecular formula is C79H59ClN24O3S4. The SMILES string of the molecule is COc1cccc(Nc2nc(Nc3ccc4[nH]ncc4c3)c3sccc3n2)c1.Cc1cccc(Nc2nc(Nc3ccc4[nH]ncc4c3)c3sccc3n2)c1.Clc1cccc(Nc2nc(Nc3ccc4[nH]ncc4c3)c3sccc3n2)c1.O=C(O)c1cccc(Nc2nc(Nc3ccc4[nH]ncc4c3)c3sccc3n2)c1. The van der Waals surface area contributed by atoms with E-state index in [4.69, 9.17) is 26.3 Å². The lowest BCUT2D eigenvalue weighted by Crippen LogP contribution is -2.02. The van der Waals surface area contributed by atoms with Gasteiger partial charge in [0.2, 0.25) is 23.8 Å². The van der Waals surface area contributed by atoms with Gasteiger partial charge in [0.05, 0.1) is 100 Å². The van der Waals surface area contributed by atoms with E-state index in [-0.39, 0.29) is 5.56 Å². The molecule has 0 bridgehead atoms. The summed E-state index contributed by atoms with van der Waals surface area (Å²) in [5.41, 5.74) is 15.8. The van der Waals surface area contributed by atoms with Crippen LogP contribution in [0.25, 0.3) is 84.5 Å². The Morgan fingerprint density at radius 2 is 0.685 bits per heavy atom. The van der Waals surface area contributed by atoms with Gasteiger partial charge in [0, 0.05) is 78.1 Å². The molecule has 544 valence electrons. The first kappa shape index (κ1) is 69.8. The smallest absolute Gasteiger partial charge is 0.335 e. The highest BCUT2D eigenvalue weighted by molar-refractivity contribution is 7.18. The number of anilines is 16. The number of aromatic amines is 4. The number of hydrogen-bond donors (Lipinski definition) is 13. The number of aryl methyl sites for hydroxylation is 1. The molecule has 0 amide bonds. The highest BCUT2D eigenvalue weighted by Crippen LogP contribution is 2.37. The van der Waals surface area contributed by atoms with Gasteiger partial charge in [-0.1, -0.05) is 41.9 Å². The third kappa shape index (κ3) is 16.2. The summed E-state index contributed by atoms with van der Waals surface area (Å²) in [7, 11) is 1.64. The Hall–Kier alpha value is -14.2. The van der Waals surface area contributed by atoms with Crippen molar-refractivity contribution in [1.82, 2.24) is 80.7 Å². The fraction of sp³-hybridized carbons (Fsp3) is 0.0253. The molecule has 20 rings (SSSR count). The monoisotopic (exact) mass is 1550 g/mol. The first-order valence-electron chi connectivity index (χ1n) is 34.1. The number of carboxylic acids is 1. The predicted molar refractivity (Wildman–Crippen MR) is 449 cm³/mol. The lowest BCUT2D eigenvalue weighted by atomic mass is 10.2. The van der Waals surface area contributed by atoms with Crippen molar-refractivity contribution in [3.8, 4) is 5.75 Å². The van der Waals surface area contributed by atoms with Gasteiger partial charge in [-0.25, -0.2) is 24.7 Å². The van der Waals surface area contributed by atoms with Gasteiger partial charge in [0.1, 0.15) is 5.75 Å². The van der Waals surface area contributed by atoms with Crippen LogP contribution in [0.1, 0.15) is 15.9 Å². The lowest BCUT2D eigenvalue weighted by Gasteiger charge is -2.11. The molecule has 0 radical (unpaired) electrons. The molecule has 0 saturated heterocycles. The van der Waals surface area contributed by atoms with Crippen LogP contribution in [0.2, 0.25) is 5.02 Å². The number of methoxy groups -OCH3 is 1. The number of aromatic nitrogens is 16. The number of nitrogens with zero attached hydrogens (tertiary/aromatic N) is 12. The molecule has 0 aliphatic rings. The van der Waals surface area contributed by atoms with Crippen LogP contribution in [0.5, 0.6) is 5.75 Å². The van der Waals surface area contributed by atoms with Crippen LogP contribution < -0.4 is 47.3 Å². The number of nitrogens with one attached hydrogen (secondary N) is 12. The molecule has 13 N–H and O–H groups in total. The molecule has 0 unspecified atom stereocenters. The van der Waals surface area contributed by atoms with E-state index in [0.717, 1.165) is 147 Å². The zero-order valence-electron chi connectivity index (χ0n) is 58.2. The van der Waals surface area contributed by atoms with Crippen LogP contribution in [0.4, 0.5) is 92.6 Å². The summed E-state index contributed by atoms with van der Waals surface area (Å²) >= 11 is 12.4. The van der Waals surface area contributed by atoms with Crippen molar-refractivity contribution >= 4 is 240 Å². The zero-order valence-corrected chi connectivity index (χ0v) is 62.3. The van der Waals surface area contributed by atoms with E-state index in [1.54, 1.807) is 89.2 Å². The summed E-state index contributed by atoms with van der Waals surface area (Å²) < 4.78 is 9.24. The van der Waals surface area contributed by atoms with Gasteiger partial charge in [-0.05, 0) is 192 Å². The Morgan fingerprint density at radius 3 is 1.04 bits per heavy atom. The quantitative estimate of drug-likeness (QED) is 0.0379. The van der Waals surface area contributed by atoms with Crippen molar-refractivity contribution in [2.24, 2.45) is 0 Å². The van der Waals surface area contributed by atoms with E-state index < -0.39 is 5.97 Å². The molecule has 111 heavy (non-hydrogen) atoms. The average Bonchev–Trinajstić information content (AvgIpc) is 1.75. The molecule has 8 aromatic carbocycles. The number of aromatic carboxylic acids is 1. The first-order valence-corrected chi connectivity index (χ1v) is 38.0. The minimum absolute atomic E-state index is 0.193. The summed E-state index contributed by atoms with van der Waals surface area (Å²) in [6.07, 6.45) is 7.18. The number of rotatable bonds is 18. The van der Waals surface area contributed by atoms with Crippen LogP contribution in [0.3, 0.4) is 0 Å². The summed E-state index contributed by atoms with van der Waals surface area (Å²) in [6, 6.07) is 61.7. The largest absolute Gasteiger partial charge is 0.497 e. The number of fused-ring (bicyclic) bond motifs is 8. The Kier molecular flexibility index (Phi) is 19.7. The van der Waals surface area contributed by atoms with Crippen molar-refractivity contribution in [2.45, 2.75) is 6.92 Å². The number of carbonyl (C=O) groups is 1. The number of halogens is 1. The summed E-state index contributed by atoms with van der Waals surface area (Å²) in [4.78, 5) is 48.3. The predicted octanol–water partition coefficient (Wildman–Crippen LogP) is 20.9. The van der Waals surface area contributed by atoms with Crippen molar-refractivity contribution < 1.29 is 14.6 Å². The van der Waals surface area contributed by atoms with Crippen LogP contribution in [-0.2, 0) is 0 Å². The zero-order chi connectivity index (χ0) is 75.2. The van der Waals surface area contributed by atoms with Crippen molar-refractivity contribution in [2.75, 3.05) is 49.6 Å². The third-order valence-corrected chi connectivity index (χ3v) is 20.9. The number of hydrogen-bond acceptors (Lipinski definition) is 26. The Morgan fingerprint density at radius 1 is 0.360 bits per heavy atom. The minimum atomic E-state index is -0.986. The van der Waals surface area contributed by atoms with Gasteiger partial charge in [-0.2, -0.15) is 40.3 Å². The average molecular weight is 1560 g/mol. The standard InChI is InChI=1S/C20H14N6O2S.C20H16N6OS.C20H16N6S.C19H13ClN6S/c27-19(28)11-2-1-3-13(8-11)23-20-24-16-6-7-29-17(16)18(25-20)22-14-4-5-15-12(9-14)10-21-26-15;1-27-15-4-2-3-13(10-15)23-20-24-17-7-8-28-18(17)19(25-20)22-14-5-6-16-12(9-14)11-21-26-16;1-12-3-2-4-14(9-12)23-20-24-17-7-8-27-18(17)19(25-20)22-15-5-6-16-13(10-15)11-21-26-16;20-12-2-1-3-13(9-12)23-19-24-16-6-7-27-17(16)18(25-19)22-14-4-5-15-11(8-14)10-21-26-15/h1-10H,(H,21,26)(H,27,28)(H2,22,23,24,25);2-11H,1H3,(H,21,26)(H2,22,23,24,25);2-11H,1H3,(H,21,26)(H2,22,23,24,25);1-10H,(H,21,26)(H2,22,23,24,25). The van der Waals surface area contributed by atoms with Crippen molar-refractivity contribution in [1.29, 1.82) is 0 Å². The molecule has 12 heterocycles. The minimum Gasteiger partial charge on any atom is -0.497 e. The molecule has 0 spiro atoms. The molecule has 0 atom stereocenters. The summed E-state index contributed by atoms with van der Waals surface area (Å²) in [6.45, 7) is 2.06. The molecule has 20 aromatic rings. The van der Waals surface area contributed by atoms with Crippen LogP contribution in [0.15, 0.2) is 240 Å². The van der Waals surface area contributed by atoms with Crippen LogP contribution in [-0.4, -0.2) is 98.8 Å². The van der Waals surface area contributed by atoms with Gasteiger partial charge in [0.25, 0.3) is 0 Å². The van der Waals surface area contributed by atoms with E-state index in [2.05, 4.69) is 132 Å². The Labute approximate surface area is 649 Å². The number of H-pyrrole nitrogens is 4.